The Balaban J connectivity index is 1.74. The van der Waals surface area contributed by atoms with Gasteiger partial charge in [-0.1, -0.05) is 25.5 Å². The second-order valence-corrected chi connectivity index (χ2v) is 5.34. The number of nitrogens with zero attached hydrogens (tertiary/aromatic N) is 1. The summed E-state index contributed by atoms with van der Waals surface area (Å²) in [5.74, 6) is 0.792. The predicted molar refractivity (Wildman–Crippen MR) is 88.6 cm³/mol. The summed E-state index contributed by atoms with van der Waals surface area (Å²) in [5, 5.41) is 0. The van der Waals surface area contributed by atoms with Crippen LogP contribution in [0.3, 0.4) is 0 Å². The van der Waals surface area contributed by atoms with Crippen molar-refractivity contribution in [3.05, 3.63) is 66.2 Å². The fourth-order valence-corrected chi connectivity index (χ4v) is 2.51. The number of carbonyl (C=O) groups is 2. The van der Waals surface area contributed by atoms with Gasteiger partial charge in [0, 0.05) is 12.2 Å². The summed E-state index contributed by atoms with van der Waals surface area (Å²) in [4.78, 5) is 24.4. The Hall–Kier alpha value is -2.88. The maximum absolute atomic E-state index is 11.6. The van der Waals surface area contributed by atoms with Crippen molar-refractivity contribution >= 4 is 17.5 Å². The van der Waals surface area contributed by atoms with E-state index in [0.717, 1.165) is 23.5 Å². The van der Waals surface area contributed by atoms with E-state index in [2.05, 4.69) is 13.0 Å². The van der Waals surface area contributed by atoms with Gasteiger partial charge in [0.15, 0.2) is 0 Å². The highest BCUT2D eigenvalue weighted by atomic mass is 16.5. The maximum atomic E-state index is 11.6. The number of aryl methyl sites for hydroxylation is 1. The van der Waals surface area contributed by atoms with Crippen LogP contribution >= 0.6 is 0 Å². The van der Waals surface area contributed by atoms with E-state index in [9.17, 15) is 9.59 Å². The van der Waals surface area contributed by atoms with Crippen molar-refractivity contribution in [3.63, 3.8) is 0 Å². The summed E-state index contributed by atoms with van der Waals surface area (Å²) in [6.07, 6.45) is 4.64. The number of ether oxygens (including phenoxy) is 1. The third-order valence-corrected chi connectivity index (χ3v) is 3.58. The molecule has 3 rings (SSSR count). The fraction of sp³-hybridized carbons (Fsp3) is 0.158. The molecule has 0 radical (unpaired) electrons. The third kappa shape index (κ3) is 3.31. The number of rotatable bonds is 5. The molecule has 1 aliphatic rings. The van der Waals surface area contributed by atoms with Crippen LogP contribution in [0.2, 0.25) is 0 Å². The van der Waals surface area contributed by atoms with E-state index in [1.807, 2.05) is 18.2 Å². The summed E-state index contributed by atoms with van der Waals surface area (Å²) in [7, 11) is 0. The van der Waals surface area contributed by atoms with Crippen molar-refractivity contribution in [2.24, 2.45) is 0 Å². The molecule has 0 saturated carbocycles. The summed E-state index contributed by atoms with van der Waals surface area (Å²) >= 11 is 0. The molecule has 0 atom stereocenters. The minimum absolute atomic E-state index is 0.323. The monoisotopic (exact) mass is 307 g/mol. The summed E-state index contributed by atoms with van der Waals surface area (Å²) in [6, 6.07) is 14.9. The molecule has 1 aliphatic heterocycles. The molecule has 2 aromatic rings. The van der Waals surface area contributed by atoms with Crippen LogP contribution in [-0.4, -0.2) is 11.8 Å². The van der Waals surface area contributed by atoms with Crippen molar-refractivity contribution in [3.8, 4) is 11.5 Å². The van der Waals surface area contributed by atoms with Crippen molar-refractivity contribution < 1.29 is 14.3 Å². The van der Waals surface area contributed by atoms with Crippen molar-refractivity contribution in [2.45, 2.75) is 19.8 Å². The van der Waals surface area contributed by atoms with Gasteiger partial charge in [-0.2, -0.15) is 0 Å². The first-order valence-corrected chi connectivity index (χ1v) is 7.60. The Morgan fingerprint density at radius 2 is 1.61 bits per heavy atom. The molecule has 0 aromatic heterocycles. The van der Waals surface area contributed by atoms with Crippen molar-refractivity contribution in [1.82, 2.24) is 0 Å². The second-order valence-electron chi connectivity index (χ2n) is 5.34. The van der Waals surface area contributed by atoms with Gasteiger partial charge in [0.2, 0.25) is 0 Å². The van der Waals surface area contributed by atoms with Crippen LogP contribution in [0.25, 0.3) is 0 Å². The Morgan fingerprint density at radius 3 is 2.26 bits per heavy atom. The molecular weight excluding hydrogens is 290 g/mol. The van der Waals surface area contributed by atoms with Crippen LogP contribution in [0.5, 0.6) is 11.5 Å². The lowest BCUT2D eigenvalue weighted by molar-refractivity contribution is -0.119. The van der Waals surface area contributed by atoms with Gasteiger partial charge < -0.3 is 4.74 Å². The average Bonchev–Trinajstić information content (AvgIpc) is 2.88. The van der Waals surface area contributed by atoms with Gasteiger partial charge in [-0.25, -0.2) is 4.90 Å². The van der Waals surface area contributed by atoms with Gasteiger partial charge >= 0.3 is 0 Å². The van der Waals surface area contributed by atoms with Crippen LogP contribution < -0.4 is 9.64 Å². The maximum Gasteiger partial charge on any atom is 0.258 e. The highest BCUT2D eigenvalue weighted by Crippen LogP contribution is 2.26. The molecule has 2 amide bonds. The topological polar surface area (TPSA) is 46.6 Å². The number of hydrogen-bond acceptors (Lipinski definition) is 3. The van der Waals surface area contributed by atoms with Gasteiger partial charge in [-0.3, -0.25) is 9.59 Å². The quantitative estimate of drug-likeness (QED) is 0.788. The second kappa shape index (κ2) is 6.48. The smallest absolute Gasteiger partial charge is 0.258 e. The summed E-state index contributed by atoms with van der Waals surface area (Å²) in [6.45, 7) is 2.14. The summed E-state index contributed by atoms with van der Waals surface area (Å²) in [5.41, 5.74) is 1.78. The summed E-state index contributed by atoms with van der Waals surface area (Å²) < 4.78 is 5.83. The Bertz CT molecular complexity index is 744. The molecule has 4 nitrogen and oxygen atoms in total. The van der Waals surface area contributed by atoms with Gasteiger partial charge in [-0.15, -0.1) is 0 Å². The molecule has 0 N–H and O–H groups in total. The van der Waals surface area contributed by atoms with Crippen LogP contribution in [0, 0.1) is 0 Å². The van der Waals surface area contributed by atoms with Crippen LogP contribution in [0.15, 0.2) is 60.7 Å². The standard InChI is InChI=1S/C19H17NO3/c1-2-4-14-5-3-6-17(13-14)23-16-9-7-15(8-10-16)20-18(21)11-12-19(20)22/h3,5-13H,2,4H2,1H3. The number of carbonyl (C=O) groups excluding carboxylic acids is 2. The third-order valence-electron chi connectivity index (χ3n) is 3.58. The number of benzene rings is 2. The minimum atomic E-state index is -0.323. The van der Waals surface area contributed by atoms with E-state index < -0.39 is 0 Å². The highest BCUT2D eigenvalue weighted by molar-refractivity contribution is 6.28. The number of amides is 2. The molecule has 23 heavy (non-hydrogen) atoms. The van der Waals surface area contributed by atoms with Gasteiger partial charge in [0.1, 0.15) is 11.5 Å². The van der Waals surface area contributed by atoms with Crippen LogP contribution in [0.1, 0.15) is 18.9 Å². The van der Waals surface area contributed by atoms with Gasteiger partial charge in [0.25, 0.3) is 11.8 Å². The van der Waals surface area contributed by atoms with Crippen molar-refractivity contribution in [1.29, 1.82) is 0 Å². The molecular formula is C19H17NO3. The molecule has 0 unspecified atom stereocenters. The molecule has 0 aliphatic carbocycles. The zero-order chi connectivity index (χ0) is 16.2. The first-order chi connectivity index (χ1) is 11.2. The van der Waals surface area contributed by atoms with E-state index in [-0.39, 0.29) is 11.8 Å². The van der Waals surface area contributed by atoms with Crippen molar-refractivity contribution in [2.75, 3.05) is 4.90 Å². The van der Waals surface area contributed by atoms with E-state index in [0.29, 0.717) is 11.4 Å². The zero-order valence-corrected chi connectivity index (χ0v) is 12.9. The van der Waals surface area contributed by atoms with E-state index in [1.165, 1.54) is 17.7 Å². The number of anilines is 1. The molecule has 1 heterocycles. The molecule has 0 fully saturated rings. The zero-order valence-electron chi connectivity index (χ0n) is 12.9. The largest absolute Gasteiger partial charge is 0.457 e. The lowest BCUT2D eigenvalue weighted by Crippen LogP contribution is -2.29. The lowest BCUT2D eigenvalue weighted by atomic mass is 10.1. The Kier molecular flexibility index (Phi) is 4.24. The normalized spacial score (nSPS) is 13.7. The van der Waals surface area contributed by atoms with E-state index >= 15 is 0 Å². The Morgan fingerprint density at radius 1 is 0.913 bits per heavy atom. The van der Waals surface area contributed by atoms with E-state index in [1.54, 1.807) is 24.3 Å². The first-order valence-electron chi connectivity index (χ1n) is 7.60. The fourth-order valence-electron chi connectivity index (χ4n) is 2.51. The number of imide groups is 1. The van der Waals surface area contributed by atoms with Gasteiger partial charge in [0.05, 0.1) is 5.69 Å². The minimum Gasteiger partial charge on any atom is -0.457 e. The molecule has 0 spiro atoms. The van der Waals surface area contributed by atoms with Gasteiger partial charge in [-0.05, 0) is 48.4 Å². The molecule has 4 heteroatoms. The molecule has 0 bridgehead atoms. The average molecular weight is 307 g/mol. The molecule has 2 aromatic carbocycles. The molecule has 116 valence electrons. The van der Waals surface area contributed by atoms with Crippen LogP contribution in [-0.2, 0) is 16.0 Å². The highest BCUT2D eigenvalue weighted by Gasteiger charge is 2.24. The lowest BCUT2D eigenvalue weighted by Gasteiger charge is -2.14. The van der Waals surface area contributed by atoms with E-state index in [4.69, 9.17) is 4.74 Å². The number of hydrogen-bond donors (Lipinski definition) is 0. The Labute approximate surface area is 135 Å². The predicted octanol–water partition coefficient (Wildman–Crippen LogP) is 3.86. The SMILES string of the molecule is CCCc1cccc(Oc2ccc(N3C(=O)C=CC3=O)cc2)c1. The first kappa shape index (κ1) is 15.0. The molecule has 0 saturated heterocycles. The van der Waals surface area contributed by atoms with Crippen LogP contribution in [0.4, 0.5) is 5.69 Å².